The second-order valence-electron chi connectivity index (χ2n) is 3.79. The molecule has 90 valence electrons. The minimum atomic E-state index is -0.0956. The molecule has 1 aromatic rings. The summed E-state index contributed by atoms with van der Waals surface area (Å²) in [5.74, 6) is 1.65. The number of nitrogens with one attached hydrogen (secondary N) is 1. The number of nitrogens with zero attached hydrogens (tertiary/aromatic N) is 1. The van der Waals surface area contributed by atoms with E-state index in [9.17, 15) is 4.79 Å². The first-order chi connectivity index (χ1) is 7.58. The van der Waals surface area contributed by atoms with Crippen LogP contribution in [0.3, 0.4) is 0 Å². The molecule has 4 heteroatoms. The molecule has 1 heterocycles. The summed E-state index contributed by atoms with van der Waals surface area (Å²) in [6.07, 6.45) is 0. The number of hydrogen-bond donors (Lipinski definition) is 1. The zero-order valence-corrected chi connectivity index (χ0v) is 10.4. The van der Waals surface area contributed by atoms with E-state index in [4.69, 9.17) is 4.42 Å². The van der Waals surface area contributed by atoms with Gasteiger partial charge in [-0.05, 0) is 39.8 Å². The standard InChI is InChI=1S/C12H20N2O2/c1-5-14(6-2)12(15)13-10(4)11-8-7-9(3)16-11/h7-8,10H,5-6H2,1-4H3,(H,13,15). The summed E-state index contributed by atoms with van der Waals surface area (Å²) in [5.41, 5.74) is 0. The summed E-state index contributed by atoms with van der Waals surface area (Å²) in [6, 6.07) is 3.64. The second kappa shape index (κ2) is 5.58. The fraction of sp³-hybridized carbons (Fsp3) is 0.583. The van der Waals surface area contributed by atoms with Crippen LogP contribution in [0.15, 0.2) is 16.5 Å². The van der Waals surface area contributed by atoms with Gasteiger partial charge in [-0.3, -0.25) is 0 Å². The Morgan fingerprint density at radius 3 is 2.50 bits per heavy atom. The maximum absolute atomic E-state index is 11.8. The first kappa shape index (κ1) is 12.6. The molecule has 1 aromatic heterocycles. The largest absolute Gasteiger partial charge is 0.464 e. The lowest BCUT2D eigenvalue weighted by molar-refractivity contribution is 0.198. The number of carbonyl (C=O) groups is 1. The number of hydrogen-bond acceptors (Lipinski definition) is 2. The van der Waals surface area contributed by atoms with Gasteiger partial charge >= 0.3 is 6.03 Å². The van der Waals surface area contributed by atoms with Crippen LogP contribution in [-0.4, -0.2) is 24.0 Å². The molecular formula is C12H20N2O2. The molecule has 0 aromatic carbocycles. The van der Waals surface area contributed by atoms with Crippen molar-refractivity contribution in [2.45, 2.75) is 33.7 Å². The molecule has 1 rings (SSSR count). The lowest BCUT2D eigenvalue weighted by atomic mass is 10.2. The van der Waals surface area contributed by atoms with Crippen molar-refractivity contribution in [2.75, 3.05) is 13.1 Å². The van der Waals surface area contributed by atoms with E-state index in [0.717, 1.165) is 11.5 Å². The molecule has 0 aliphatic heterocycles. The highest BCUT2D eigenvalue weighted by Crippen LogP contribution is 2.15. The molecule has 2 amide bonds. The van der Waals surface area contributed by atoms with Gasteiger partial charge < -0.3 is 14.6 Å². The fourth-order valence-electron chi connectivity index (χ4n) is 1.54. The Morgan fingerprint density at radius 1 is 1.44 bits per heavy atom. The number of carbonyl (C=O) groups excluding carboxylic acids is 1. The number of rotatable bonds is 4. The number of amides is 2. The van der Waals surface area contributed by atoms with E-state index >= 15 is 0 Å². The molecule has 4 nitrogen and oxygen atoms in total. The number of aryl methyl sites for hydroxylation is 1. The van der Waals surface area contributed by atoms with Crippen LogP contribution in [-0.2, 0) is 0 Å². The third-order valence-corrected chi connectivity index (χ3v) is 2.58. The molecule has 0 aliphatic rings. The van der Waals surface area contributed by atoms with E-state index in [-0.39, 0.29) is 12.1 Å². The van der Waals surface area contributed by atoms with Crippen LogP contribution in [0.1, 0.15) is 38.3 Å². The van der Waals surface area contributed by atoms with Gasteiger partial charge in [-0.15, -0.1) is 0 Å². The van der Waals surface area contributed by atoms with Gasteiger partial charge in [0.15, 0.2) is 0 Å². The molecule has 16 heavy (non-hydrogen) atoms. The Labute approximate surface area is 96.6 Å². The monoisotopic (exact) mass is 224 g/mol. The molecule has 0 saturated carbocycles. The lowest BCUT2D eigenvalue weighted by Gasteiger charge is -2.21. The Balaban J connectivity index is 2.57. The predicted octanol–water partition coefficient (Wildman–Crippen LogP) is 2.70. The SMILES string of the molecule is CCN(CC)C(=O)NC(C)c1ccc(C)o1. The van der Waals surface area contributed by atoms with E-state index in [1.807, 2.05) is 39.8 Å². The third-order valence-electron chi connectivity index (χ3n) is 2.58. The fourth-order valence-corrected chi connectivity index (χ4v) is 1.54. The molecule has 0 bridgehead atoms. The summed E-state index contributed by atoms with van der Waals surface area (Å²) < 4.78 is 5.46. The van der Waals surface area contributed by atoms with Gasteiger partial charge in [0.25, 0.3) is 0 Å². The first-order valence-corrected chi connectivity index (χ1v) is 5.70. The van der Waals surface area contributed by atoms with Crippen molar-refractivity contribution in [3.8, 4) is 0 Å². The van der Waals surface area contributed by atoms with Gasteiger partial charge in [0.2, 0.25) is 0 Å². The van der Waals surface area contributed by atoms with E-state index in [1.165, 1.54) is 0 Å². The second-order valence-corrected chi connectivity index (χ2v) is 3.79. The van der Waals surface area contributed by atoms with Gasteiger partial charge in [-0.2, -0.15) is 0 Å². The average molecular weight is 224 g/mol. The van der Waals surface area contributed by atoms with Crippen molar-refractivity contribution in [1.29, 1.82) is 0 Å². The van der Waals surface area contributed by atoms with Crippen molar-refractivity contribution in [2.24, 2.45) is 0 Å². The Kier molecular flexibility index (Phi) is 4.40. The van der Waals surface area contributed by atoms with Crippen LogP contribution in [0.5, 0.6) is 0 Å². The maximum atomic E-state index is 11.8. The molecule has 0 radical (unpaired) electrons. The van der Waals surface area contributed by atoms with Gasteiger partial charge in [0.1, 0.15) is 11.5 Å². The molecule has 0 saturated heterocycles. The molecule has 0 fully saturated rings. The zero-order valence-electron chi connectivity index (χ0n) is 10.4. The van der Waals surface area contributed by atoms with Gasteiger partial charge in [0.05, 0.1) is 6.04 Å². The van der Waals surface area contributed by atoms with Crippen LogP contribution in [0.4, 0.5) is 4.79 Å². The van der Waals surface area contributed by atoms with E-state index < -0.39 is 0 Å². The molecular weight excluding hydrogens is 204 g/mol. The molecule has 1 atom stereocenters. The Bertz CT molecular complexity index is 343. The molecule has 0 aliphatic carbocycles. The van der Waals surface area contributed by atoms with Crippen molar-refractivity contribution in [1.82, 2.24) is 10.2 Å². The van der Waals surface area contributed by atoms with Crippen LogP contribution in [0, 0.1) is 6.92 Å². The quantitative estimate of drug-likeness (QED) is 0.854. The van der Waals surface area contributed by atoms with Crippen LogP contribution < -0.4 is 5.32 Å². The first-order valence-electron chi connectivity index (χ1n) is 5.70. The van der Waals surface area contributed by atoms with Crippen molar-refractivity contribution >= 4 is 6.03 Å². The Hall–Kier alpha value is -1.45. The number of urea groups is 1. The highest BCUT2D eigenvalue weighted by atomic mass is 16.3. The van der Waals surface area contributed by atoms with Crippen molar-refractivity contribution < 1.29 is 9.21 Å². The minimum Gasteiger partial charge on any atom is -0.464 e. The van der Waals surface area contributed by atoms with Crippen LogP contribution in [0.2, 0.25) is 0 Å². The maximum Gasteiger partial charge on any atom is 0.317 e. The summed E-state index contributed by atoms with van der Waals surface area (Å²) >= 11 is 0. The van der Waals surface area contributed by atoms with Gasteiger partial charge in [-0.25, -0.2) is 4.79 Å². The zero-order chi connectivity index (χ0) is 12.1. The summed E-state index contributed by atoms with van der Waals surface area (Å²) in [6.45, 7) is 9.16. The normalized spacial score (nSPS) is 12.2. The molecule has 1 unspecified atom stereocenters. The van der Waals surface area contributed by atoms with E-state index in [1.54, 1.807) is 4.90 Å². The summed E-state index contributed by atoms with van der Waals surface area (Å²) in [4.78, 5) is 13.5. The minimum absolute atomic E-state index is 0.0495. The van der Waals surface area contributed by atoms with Gasteiger partial charge in [0, 0.05) is 13.1 Å². The third kappa shape index (κ3) is 3.02. The molecule has 1 N–H and O–H groups in total. The van der Waals surface area contributed by atoms with Crippen LogP contribution >= 0.6 is 0 Å². The van der Waals surface area contributed by atoms with Crippen molar-refractivity contribution in [3.05, 3.63) is 23.7 Å². The summed E-state index contributed by atoms with van der Waals surface area (Å²) in [7, 11) is 0. The highest BCUT2D eigenvalue weighted by Gasteiger charge is 2.15. The Morgan fingerprint density at radius 2 is 2.06 bits per heavy atom. The van der Waals surface area contributed by atoms with Crippen LogP contribution in [0.25, 0.3) is 0 Å². The number of furan rings is 1. The van der Waals surface area contributed by atoms with Gasteiger partial charge in [-0.1, -0.05) is 0 Å². The van der Waals surface area contributed by atoms with E-state index in [2.05, 4.69) is 5.32 Å². The highest BCUT2D eigenvalue weighted by molar-refractivity contribution is 5.74. The summed E-state index contributed by atoms with van der Waals surface area (Å²) in [5, 5.41) is 2.90. The van der Waals surface area contributed by atoms with Crippen molar-refractivity contribution in [3.63, 3.8) is 0 Å². The average Bonchev–Trinajstić information content (AvgIpc) is 2.66. The van der Waals surface area contributed by atoms with E-state index in [0.29, 0.717) is 13.1 Å². The smallest absolute Gasteiger partial charge is 0.317 e. The predicted molar refractivity (Wildman–Crippen MR) is 63.3 cm³/mol. The topological polar surface area (TPSA) is 45.5 Å². The molecule has 0 spiro atoms. The lowest BCUT2D eigenvalue weighted by Crippen LogP contribution is -2.40.